The van der Waals surface area contributed by atoms with Crippen LogP contribution in [0.5, 0.6) is 0 Å². The largest absolute Gasteiger partial charge is 0.480 e. The molecule has 0 saturated carbocycles. The van der Waals surface area contributed by atoms with E-state index in [1.807, 2.05) is 0 Å². The third-order valence-corrected chi connectivity index (χ3v) is 3.42. The van der Waals surface area contributed by atoms with E-state index in [-0.39, 0.29) is 0 Å². The van der Waals surface area contributed by atoms with Gasteiger partial charge in [0.05, 0.1) is 0 Å². The minimum Gasteiger partial charge on any atom is -0.480 e. The number of nitrogens with zero attached hydrogens (tertiary/aromatic N) is 1. The van der Waals surface area contributed by atoms with Crippen LogP contribution in [0.25, 0.3) is 0 Å². The zero-order valence-corrected chi connectivity index (χ0v) is 10.5. The van der Waals surface area contributed by atoms with Crippen molar-refractivity contribution in [1.29, 1.82) is 0 Å². The Hall–Kier alpha value is -1.88. The summed E-state index contributed by atoms with van der Waals surface area (Å²) in [4.78, 5) is 24.7. The van der Waals surface area contributed by atoms with E-state index in [1.165, 1.54) is 4.90 Å². The number of rotatable bonds is 3. The first-order valence-electron chi connectivity index (χ1n) is 6.37. The molecule has 102 valence electrons. The van der Waals surface area contributed by atoms with Crippen LogP contribution in [0.1, 0.15) is 30.9 Å². The molecule has 0 aromatic heterocycles. The van der Waals surface area contributed by atoms with Gasteiger partial charge in [0.1, 0.15) is 6.04 Å². The molecule has 1 aliphatic rings. The predicted molar refractivity (Wildman–Crippen MR) is 68.4 cm³/mol. The number of aliphatic carboxylic acids is 1. The number of carbonyl (C=O) groups is 2. The fourth-order valence-corrected chi connectivity index (χ4v) is 2.39. The first kappa shape index (κ1) is 13.5. The second-order valence-corrected chi connectivity index (χ2v) is 4.69. The van der Waals surface area contributed by atoms with E-state index >= 15 is 0 Å². The van der Waals surface area contributed by atoms with Crippen molar-refractivity contribution in [1.82, 2.24) is 4.90 Å². The number of carbonyl (C=O) groups excluding carboxylic acids is 1. The van der Waals surface area contributed by atoms with Crippen molar-refractivity contribution in [3.8, 4) is 0 Å². The zero-order valence-electron chi connectivity index (χ0n) is 10.5. The SMILES string of the molecule is O=C(O)[C@@H]1CCCCN1C(=O)C(O)c1ccccc1. The quantitative estimate of drug-likeness (QED) is 0.858. The normalized spacial score (nSPS) is 20.9. The second kappa shape index (κ2) is 5.84. The zero-order chi connectivity index (χ0) is 13.8. The van der Waals surface area contributed by atoms with Crippen molar-refractivity contribution in [2.24, 2.45) is 0 Å². The molecule has 2 N–H and O–H groups in total. The Labute approximate surface area is 111 Å². The lowest BCUT2D eigenvalue weighted by molar-refractivity contribution is -0.156. The van der Waals surface area contributed by atoms with Gasteiger partial charge in [0.2, 0.25) is 0 Å². The first-order valence-corrected chi connectivity index (χ1v) is 6.37. The molecule has 1 aliphatic heterocycles. The average molecular weight is 263 g/mol. The molecule has 1 fully saturated rings. The number of carboxylic acid groups (broad SMARTS) is 1. The summed E-state index contributed by atoms with van der Waals surface area (Å²) in [5.74, 6) is -1.54. The summed E-state index contributed by atoms with van der Waals surface area (Å²) >= 11 is 0. The minimum atomic E-state index is -1.29. The molecule has 19 heavy (non-hydrogen) atoms. The molecule has 0 bridgehead atoms. The molecular formula is C14H17NO4. The maximum atomic E-state index is 12.2. The lowest BCUT2D eigenvalue weighted by Crippen LogP contribution is -2.49. The van der Waals surface area contributed by atoms with Gasteiger partial charge in [-0.3, -0.25) is 4.79 Å². The van der Waals surface area contributed by atoms with Crippen LogP contribution in [0.4, 0.5) is 0 Å². The highest BCUT2D eigenvalue weighted by molar-refractivity contribution is 5.87. The number of carboxylic acids is 1. The fourth-order valence-electron chi connectivity index (χ4n) is 2.39. The number of aliphatic hydroxyl groups is 1. The number of benzene rings is 1. The van der Waals surface area contributed by atoms with Crippen molar-refractivity contribution < 1.29 is 19.8 Å². The maximum absolute atomic E-state index is 12.2. The smallest absolute Gasteiger partial charge is 0.326 e. The van der Waals surface area contributed by atoms with Crippen molar-refractivity contribution in [3.05, 3.63) is 35.9 Å². The summed E-state index contributed by atoms with van der Waals surface area (Å²) < 4.78 is 0. The molecule has 0 aliphatic carbocycles. The predicted octanol–water partition coefficient (Wildman–Crippen LogP) is 1.19. The molecule has 1 amide bonds. The summed E-state index contributed by atoms with van der Waals surface area (Å²) in [6.07, 6.45) is 0.725. The van der Waals surface area contributed by atoms with E-state index in [0.29, 0.717) is 18.5 Å². The Morgan fingerprint density at radius 3 is 2.53 bits per heavy atom. The number of amides is 1. The number of piperidine rings is 1. The van der Waals surface area contributed by atoms with Crippen molar-refractivity contribution in [3.63, 3.8) is 0 Å². The van der Waals surface area contributed by atoms with E-state index in [0.717, 1.165) is 12.8 Å². The standard InChI is InChI=1S/C14H17NO4/c16-12(10-6-2-1-3-7-10)13(17)15-9-5-4-8-11(15)14(18)19/h1-3,6-7,11-12,16H,4-5,8-9H2,(H,18,19)/t11-,12?/m0/s1. The highest BCUT2D eigenvalue weighted by atomic mass is 16.4. The molecule has 5 nitrogen and oxygen atoms in total. The lowest BCUT2D eigenvalue weighted by Gasteiger charge is -2.34. The monoisotopic (exact) mass is 263 g/mol. The van der Waals surface area contributed by atoms with Gasteiger partial charge in [-0.2, -0.15) is 0 Å². The van der Waals surface area contributed by atoms with Crippen LogP contribution in [0, 0.1) is 0 Å². The molecule has 5 heteroatoms. The van der Waals surface area contributed by atoms with Gasteiger partial charge < -0.3 is 15.1 Å². The molecule has 1 saturated heterocycles. The van der Waals surface area contributed by atoms with Crippen LogP contribution in [0.15, 0.2) is 30.3 Å². The summed E-state index contributed by atoms with van der Waals surface area (Å²) in [7, 11) is 0. The lowest BCUT2D eigenvalue weighted by atomic mass is 10.00. The Morgan fingerprint density at radius 1 is 1.21 bits per heavy atom. The molecule has 2 atom stereocenters. The van der Waals surface area contributed by atoms with Crippen molar-refractivity contribution >= 4 is 11.9 Å². The van der Waals surface area contributed by atoms with Crippen LogP contribution < -0.4 is 0 Å². The van der Waals surface area contributed by atoms with Crippen LogP contribution >= 0.6 is 0 Å². The summed E-state index contributed by atoms with van der Waals surface area (Å²) in [6.45, 7) is 0.389. The fraction of sp³-hybridized carbons (Fsp3) is 0.429. The molecule has 1 unspecified atom stereocenters. The summed E-state index contributed by atoms with van der Waals surface area (Å²) in [5, 5.41) is 19.2. The Bertz CT molecular complexity index is 460. The Morgan fingerprint density at radius 2 is 1.89 bits per heavy atom. The van der Waals surface area contributed by atoms with Crippen LogP contribution in [0.3, 0.4) is 0 Å². The highest BCUT2D eigenvalue weighted by Gasteiger charge is 2.35. The van der Waals surface area contributed by atoms with Gasteiger partial charge in [0, 0.05) is 6.54 Å². The van der Waals surface area contributed by atoms with E-state index in [1.54, 1.807) is 30.3 Å². The molecular weight excluding hydrogens is 246 g/mol. The average Bonchev–Trinajstić information content (AvgIpc) is 2.46. The molecule has 1 aromatic carbocycles. The van der Waals surface area contributed by atoms with Gasteiger partial charge >= 0.3 is 5.97 Å². The second-order valence-electron chi connectivity index (χ2n) is 4.69. The molecule has 1 heterocycles. The van der Waals surface area contributed by atoms with Crippen molar-refractivity contribution in [2.75, 3.05) is 6.54 Å². The molecule has 0 spiro atoms. The molecule has 0 radical (unpaired) electrons. The number of hydrogen-bond acceptors (Lipinski definition) is 3. The molecule has 2 rings (SSSR count). The van der Waals surface area contributed by atoms with Crippen molar-refractivity contribution in [2.45, 2.75) is 31.4 Å². The topological polar surface area (TPSA) is 77.8 Å². The Kier molecular flexibility index (Phi) is 4.16. The van der Waals surface area contributed by atoms with E-state index in [9.17, 15) is 14.7 Å². The third-order valence-electron chi connectivity index (χ3n) is 3.42. The summed E-state index contributed by atoms with van der Waals surface area (Å²) in [6, 6.07) is 7.75. The van der Waals surface area contributed by atoms with Crippen LogP contribution in [-0.4, -0.2) is 39.6 Å². The van der Waals surface area contributed by atoms with E-state index < -0.39 is 24.0 Å². The van der Waals surface area contributed by atoms with E-state index in [4.69, 9.17) is 5.11 Å². The first-order chi connectivity index (χ1) is 9.11. The van der Waals surface area contributed by atoms with Gasteiger partial charge in [0.15, 0.2) is 6.10 Å². The van der Waals surface area contributed by atoms with Gasteiger partial charge in [0.25, 0.3) is 5.91 Å². The number of hydrogen-bond donors (Lipinski definition) is 2. The Balaban J connectivity index is 2.15. The highest BCUT2D eigenvalue weighted by Crippen LogP contribution is 2.23. The van der Waals surface area contributed by atoms with Crippen LogP contribution in [0.2, 0.25) is 0 Å². The van der Waals surface area contributed by atoms with Gasteiger partial charge in [-0.05, 0) is 24.8 Å². The number of aliphatic hydroxyl groups excluding tert-OH is 1. The molecule has 1 aromatic rings. The van der Waals surface area contributed by atoms with Crippen LogP contribution in [-0.2, 0) is 9.59 Å². The minimum absolute atomic E-state index is 0.389. The van der Waals surface area contributed by atoms with Gasteiger partial charge in [-0.15, -0.1) is 0 Å². The maximum Gasteiger partial charge on any atom is 0.326 e. The van der Waals surface area contributed by atoms with E-state index in [2.05, 4.69) is 0 Å². The third kappa shape index (κ3) is 2.93. The number of likely N-dealkylation sites (tertiary alicyclic amines) is 1. The van der Waals surface area contributed by atoms with Gasteiger partial charge in [-0.25, -0.2) is 4.79 Å². The van der Waals surface area contributed by atoms with Gasteiger partial charge in [-0.1, -0.05) is 30.3 Å². The summed E-state index contributed by atoms with van der Waals surface area (Å²) in [5.41, 5.74) is 0.488.